The van der Waals surface area contributed by atoms with Crippen molar-refractivity contribution in [2.75, 3.05) is 18.4 Å². The SMILES string of the molecule is Cc1cc(S(=O)(=O)NCCNc2ccc(Br)cn2)c(C)s1. The Morgan fingerprint density at radius 1 is 1.29 bits per heavy atom. The molecule has 0 spiro atoms. The van der Waals surface area contributed by atoms with Crippen LogP contribution in [-0.2, 0) is 10.0 Å². The predicted octanol–water partition coefficient (Wildman–Crippen LogP) is 2.91. The van der Waals surface area contributed by atoms with Gasteiger partial charge in [0.05, 0.1) is 4.90 Å². The van der Waals surface area contributed by atoms with Gasteiger partial charge >= 0.3 is 0 Å². The average Bonchev–Trinajstić information content (AvgIpc) is 2.77. The second kappa shape index (κ2) is 6.87. The Labute approximate surface area is 137 Å². The highest BCUT2D eigenvalue weighted by Crippen LogP contribution is 2.24. The van der Waals surface area contributed by atoms with Gasteiger partial charge in [0.1, 0.15) is 5.82 Å². The molecule has 2 aromatic rings. The number of sulfonamides is 1. The molecule has 2 heterocycles. The van der Waals surface area contributed by atoms with Crippen molar-refractivity contribution in [2.24, 2.45) is 0 Å². The van der Waals surface area contributed by atoms with Gasteiger partial charge in [-0.1, -0.05) is 0 Å². The number of nitrogens with zero attached hydrogens (tertiary/aromatic N) is 1. The Hall–Kier alpha value is -0.960. The zero-order valence-corrected chi connectivity index (χ0v) is 14.9. The molecule has 5 nitrogen and oxygen atoms in total. The van der Waals surface area contributed by atoms with Crippen LogP contribution >= 0.6 is 27.3 Å². The number of hydrogen-bond donors (Lipinski definition) is 2. The van der Waals surface area contributed by atoms with Crippen LogP contribution in [0, 0.1) is 13.8 Å². The lowest BCUT2D eigenvalue weighted by Gasteiger charge is -2.08. The van der Waals surface area contributed by atoms with Crippen LogP contribution in [0.3, 0.4) is 0 Å². The molecule has 0 atom stereocenters. The van der Waals surface area contributed by atoms with Gasteiger partial charge in [-0.2, -0.15) is 0 Å². The summed E-state index contributed by atoms with van der Waals surface area (Å²) in [6.07, 6.45) is 1.68. The van der Waals surface area contributed by atoms with E-state index in [-0.39, 0.29) is 0 Å². The molecule has 0 aromatic carbocycles. The molecule has 0 unspecified atom stereocenters. The Balaban J connectivity index is 1.88. The second-order valence-corrected chi connectivity index (χ2v) is 8.58. The number of aryl methyl sites for hydroxylation is 2. The zero-order chi connectivity index (χ0) is 15.5. The molecular formula is C13H16BrN3O2S2. The Morgan fingerprint density at radius 3 is 2.62 bits per heavy atom. The minimum atomic E-state index is -3.44. The number of anilines is 1. The molecule has 0 radical (unpaired) electrons. The number of rotatable bonds is 6. The third-order valence-electron chi connectivity index (χ3n) is 2.74. The molecule has 0 aliphatic rings. The molecule has 2 aromatic heterocycles. The van der Waals surface area contributed by atoms with Crippen molar-refractivity contribution in [1.82, 2.24) is 9.71 Å². The quantitative estimate of drug-likeness (QED) is 0.745. The van der Waals surface area contributed by atoms with Gasteiger partial charge in [-0.05, 0) is 48.0 Å². The zero-order valence-electron chi connectivity index (χ0n) is 11.7. The lowest BCUT2D eigenvalue weighted by Crippen LogP contribution is -2.29. The maximum Gasteiger partial charge on any atom is 0.241 e. The lowest BCUT2D eigenvalue weighted by molar-refractivity contribution is 0.582. The Morgan fingerprint density at radius 2 is 2.05 bits per heavy atom. The first-order valence-electron chi connectivity index (χ1n) is 6.30. The molecule has 0 fully saturated rings. The predicted molar refractivity (Wildman–Crippen MR) is 89.4 cm³/mol. The normalized spacial score (nSPS) is 11.6. The van der Waals surface area contributed by atoms with E-state index in [2.05, 4.69) is 31.0 Å². The summed E-state index contributed by atoms with van der Waals surface area (Å²) in [4.78, 5) is 6.32. The maximum absolute atomic E-state index is 12.2. The molecule has 0 amide bonds. The molecule has 0 saturated heterocycles. The summed E-state index contributed by atoms with van der Waals surface area (Å²) < 4.78 is 27.8. The van der Waals surface area contributed by atoms with E-state index in [1.807, 2.05) is 26.0 Å². The van der Waals surface area contributed by atoms with Gasteiger partial charge in [-0.3, -0.25) is 0 Å². The monoisotopic (exact) mass is 389 g/mol. The fraction of sp³-hybridized carbons (Fsp3) is 0.308. The van der Waals surface area contributed by atoms with Crippen molar-refractivity contribution < 1.29 is 8.42 Å². The molecule has 0 aliphatic carbocycles. The first-order chi connectivity index (χ1) is 9.88. The second-order valence-electron chi connectivity index (χ2n) is 4.46. The molecule has 2 N–H and O–H groups in total. The van der Waals surface area contributed by atoms with E-state index in [4.69, 9.17) is 0 Å². The van der Waals surface area contributed by atoms with Gasteiger partial charge in [-0.15, -0.1) is 11.3 Å². The van der Waals surface area contributed by atoms with Crippen LogP contribution in [0.4, 0.5) is 5.82 Å². The Bertz CT molecular complexity index is 712. The van der Waals surface area contributed by atoms with E-state index in [0.717, 1.165) is 14.2 Å². The highest BCUT2D eigenvalue weighted by Gasteiger charge is 2.18. The molecule has 0 bridgehead atoms. The molecule has 0 aliphatic heterocycles. The van der Waals surface area contributed by atoms with Crippen LogP contribution in [0.25, 0.3) is 0 Å². The van der Waals surface area contributed by atoms with Gasteiger partial charge in [0.2, 0.25) is 10.0 Å². The number of hydrogen-bond acceptors (Lipinski definition) is 5. The highest BCUT2D eigenvalue weighted by atomic mass is 79.9. The van der Waals surface area contributed by atoms with Gasteiger partial charge in [0.15, 0.2) is 0 Å². The summed E-state index contributed by atoms with van der Waals surface area (Å²) in [7, 11) is -3.44. The van der Waals surface area contributed by atoms with Crippen molar-refractivity contribution in [1.29, 1.82) is 0 Å². The lowest BCUT2D eigenvalue weighted by atomic mass is 10.4. The Kier molecular flexibility index (Phi) is 5.37. The van der Waals surface area contributed by atoms with E-state index in [1.165, 1.54) is 11.3 Å². The summed E-state index contributed by atoms with van der Waals surface area (Å²) in [5.41, 5.74) is 0. The molecule has 21 heavy (non-hydrogen) atoms. The molecular weight excluding hydrogens is 374 g/mol. The topological polar surface area (TPSA) is 71.1 Å². The third kappa shape index (κ3) is 4.50. The van der Waals surface area contributed by atoms with E-state index in [1.54, 1.807) is 12.3 Å². The van der Waals surface area contributed by atoms with Crippen molar-refractivity contribution in [3.63, 3.8) is 0 Å². The minimum absolute atomic E-state index is 0.300. The molecule has 0 saturated carbocycles. The summed E-state index contributed by atoms with van der Waals surface area (Å²) in [5, 5.41) is 3.06. The first-order valence-corrected chi connectivity index (χ1v) is 9.40. The molecule has 2 rings (SSSR count). The minimum Gasteiger partial charge on any atom is -0.369 e. The fourth-order valence-corrected chi connectivity index (χ4v) is 4.63. The van der Waals surface area contributed by atoms with Crippen molar-refractivity contribution in [2.45, 2.75) is 18.7 Å². The standard InChI is InChI=1S/C13H16BrN3O2S2/c1-9-7-12(10(2)20-9)21(18,19)17-6-5-15-13-4-3-11(14)8-16-13/h3-4,7-8,17H,5-6H2,1-2H3,(H,15,16). The summed E-state index contributed by atoms with van der Waals surface area (Å²) in [5.74, 6) is 0.708. The number of thiophene rings is 1. The van der Waals surface area contributed by atoms with Crippen LogP contribution in [0.15, 0.2) is 33.8 Å². The third-order valence-corrected chi connectivity index (χ3v) is 5.89. The number of aromatic nitrogens is 1. The van der Waals surface area contributed by atoms with Crippen LogP contribution in [-0.4, -0.2) is 26.5 Å². The van der Waals surface area contributed by atoms with Crippen molar-refractivity contribution in [3.05, 3.63) is 38.6 Å². The van der Waals surface area contributed by atoms with E-state index < -0.39 is 10.0 Å². The molecule has 8 heteroatoms. The van der Waals surface area contributed by atoms with Crippen LogP contribution in [0.1, 0.15) is 9.75 Å². The molecule has 114 valence electrons. The van der Waals surface area contributed by atoms with E-state index >= 15 is 0 Å². The summed E-state index contributed by atoms with van der Waals surface area (Å²) >= 11 is 4.79. The maximum atomic E-state index is 12.2. The van der Waals surface area contributed by atoms with E-state index in [0.29, 0.717) is 23.8 Å². The van der Waals surface area contributed by atoms with Gasteiger partial charge < -0.3 is 5.32 Å². The van der Waals surface area contributed by atoms with Gasteiger partial charge in [-0.25, -0.2) is 18.1 Å². The van der Waals surface area contributed by atoms with Crippen LogP contribution < -0.4 is 10.0 Å². The highest BCUT2D eigenvalue weighted by molar-refractivity contribution is 9.10. The summed E-state index contributed by atoms with van der Waals surface area (Å²) in [6.45, 7) is 4.48. The van der Waals surface area contributed by atoms with Crippen LogP contribution in [0.5, 0.6) is 0 Å². The van der Waals surface area contributed by atoms with Crippen molar-refractivity contribution >= 4 is 43.1 Å². The van der Waals surface area contributed by atoms with Gasteiger partial charge in [0.25, 0.3) is 0 Å². The largest absolute Gasteiger partial charge is 0.369 e. The van der Waals surface area contributed by atoms with Gasteiger partial charge in [0, 0.05) is 33.5 Å². The van der Waals surface area contributed by atoms with Crippen LogP contribution in [0.2, 0.25) is 0 Å². The number of halogens is 1. The fourth-order valence-electron chi connectivity index (χ4n) is 1.81. The first kappa shape index (κ1) is 16.4. The number of pyridine rings is 1. The van der Waals surface area contributed by atoms with Crippen molar-refractivity contribution in [3.8, 4) is 0 Å². The van der Waals surface area contributed by atoms with E-state index in [9.17, 15) is 8.42 Å². The summed E-state index contributed by atoms with van der Waals surface area (Å²) in [6, 6.07) is 5.40. The number of nitrogens with one attached hydrogen (secondary N) is 2. The smallest absolute Gasteiger partial charge is 0.241 e. The average molecular weight is 390 g/mol.